The molecular formula is C16H20ClIN4O2. The summed E-state index contributed by atoms with van der Waals surface area (Å²) < 4.78 is 5.15. The van der Waals surface area contributed by atoms with Crippen LogP contribution < -0.4 is 16.0 Å². The molecular weight excluding hydrogens is 443 g/mol. The average molecular weight is 463 g/mol. The maximum absolute atomic E-state index is 11.8. The number of nitrogens with one attached hydrogen (secondary N) is 3. The minimum Gasteiger partial charge on any atom is -0.467 e. The van der Waals surface area contributed by atoms with Gasteiger partial charge >= 0.3 is 0 Å². The summed E-state index contributed by atoms with van der Waals surface area (Å²) in [4.78, 5) is 15.8. The summed E-state index contributed by atoms with van der Waals surface area (Å²) in [7, 11) is 1.64. The van der Waals surface area contributed by atoms with E-state index >= 15 is 0 Å². The summed E-state index contributed by atoms with van der Waals surface area (Å²) >= 11 is 6.10. The van der Waals surface area contributed by atoms with Crippen LogP contribution in [0.15, 0.2) is 52.1 Å². The molecule has 0 aliphatic heterocycles. The Hall–Kier alpha value is -1.74. The molecule has 0 atom stereocenters. The Morgan fingerprint density at radius 1 is 1.12 bits per heavy atom. The molecule has 0 saturated heterocycles. The molecule has 8 heteroatoms. The van der Waals surface area contributed by atoms with E-state index in [1.54, 1.807) is 25.4 Å². The third-order valence-corrected chi connectivity index (χ3v) is 3.45. The van der Waals surface area contributed by atoms with Crippen LogP contribution in [0.3, 0.4) is 0 Å². The lowest BCUT2D eigenvalue weighted by Gasteiger charge is -2.12. The van der Waals surface area contributed by atoms with Gasteiger partial charge in [-0.3, -0.25) is 9.79 Å². The lowest BCUT2D eigenvalue weighted by atomic mass is 10.2. The summed E-state index contributed by atoms with van der Waals surface area (Å²) in [6.45, 7) is 0.995. The average Bonchev–Trinajstić information content (AvgIpc) is 3.08. The van der Waals surface area contributed by atoms with Crippen molar-refractivity contribution in [3.05, 3.63) is 59.0 Å². The maximum atomic E-state index is 11.8. The molecule has 0 bridgehead atoms. The summed E-state index contributed by atoms with van der Waals surface area (Å²) in [5.41, 5.74) is 0.958. The minimum atomic E-state index is -0.151. The summed E-state index contributed by atoms with van der Waals surface area (Å²) in [6.07, 6.45) is 1.57. The number of amides is 1. The van der Waals surface area contributed by atoms with Gasteiger partial charge in [-0.05, 0) is 23.8 Å². The van der Waals surface area contributed by atoms with E-state index < -0.39 is 0 Å². The highest BCUT2D eigenvalue weighted by Crippen LogP contribution is 2.14. The quantitative estimate of drug-likeness (QED) is 0.350. The van der Waals surface area contributed by atoms with Gasteiger partial charge in [0.1, 0.15) is 5.76 Å². The highest BCUT2D eigenvalue weighted by atomic mass is 127. The summed E-state index contributed by atoms with van der Waals surface area (Å²) in [5, 5.41) is 9.48. The van der Waals surface area contributed by atoms with Gasteiger partial charge in [0.05, 0.1) is 19.4 Å². The molecule has 130 valence electrons. The highest BCUT2D eigenvalue weighted by Gasteiger charge is 2.05. The van der Waals surface area contributed by atoms with Crippen molar-refractivity contribution in [2.75, 3.05) is 13.6 Å². The van der Waals surface area contributed by atoms with E-state index in [9.17, 15) is 4.79 Å². The SMILES string of the molecule is CN=C(NCC(=O)NCc1ccco1)NCc1ccccc1Cl.I. The lowest BCUT2D eigenvalue weighted by molar-refractivity contribution is -0.120. The molecule has 0 radical (unpaired) electrons. The van der Waals surface area contributed by atoms with Crippen molar-refractivity contribution in [1.29, 1.82) is 0 Å². The van der Waals surface area contributed by atoms with E-state index in [0.717, 1.165) is 5.56 Å². The molecule has 1 amide bonds. The zero-order valence-corrected chi connectivity index (χ0v) is 16.3. The molecule has 6 nitrogen and oxygen atoms in total. The Labute approximate surface area is 163 Å². The van der Waals surface area contributed by atoms with Crippen LogP contribution in [0.4, 0.5) is 0 Å². The van der Waals surface area contributed by atoms with Gasteiger partial charge in [0, 0.05) is 18.6 Å². The van der Waals surface area contributed by atoms with Gasteiger partial charge in [0.25, 0.3) is 0 Å². The number of carbonyl (C=O) groups excluding carboxylic acids is 1. The Morgan fingerprint density at radius 3 is 2.58 bits per heavy atom. The molecule has 1 aromatic carbocycles. The lowest BCUT2D eigenvalue weighted by Crippen LogP contribution is -2.42. The van der Waals surface area contributed by atoms with Crippen LogP contribution in [-0.4, -0.2) is 25.5 Å². The third kappa shape index (κ3) is 6.79. The first-order valence-electron chi connectivity index (χ1n) is 7.16. The number of aliphatic imine (C=N–C) groups is 1. The van der Waals surface area contributed by atoms with E-state index in [-0.39, 0.29) is 36.4 Å². The van der Waals surface area contributed by atoms with Crippen LogP contribution in [0, 0.1) is 0 Å². The fraction of sp³-hybridized carbons (Fsp3) is 0.250. The third-order valence-electron chi connectivity index (χ3n) is 3.08. The molecule has 1 aromatic heterocycles. The van der Waals surface area contributed by atoms with Crippen LogP contribution in [-0.2, 0) is 17.9 Å². The number of rotatable bonds is 6. The van der Waals surface area contributed by atoms with Gasteiger partial charge < -0.3 is 20.4 Å². The second kappa shape index (κ2) is 10.9. The summed E-state index contributed by atoms with van der Waals surface area (Å²) in [6, 6.07) is 11.1. The fourth-order valence-electron chi connectivity index (χ4n) is 1.87. The van der Waals surface area contributed by atoms with E-state index in [1.807, 2.05) is 24.3 Å². The van der Waals surface area contributed by atoms with Gasteiger partial charge in [-0.1, -0.05) is 29.8 Å². The van der Waals surface area contributed by atoms with Crippen molar-refractivity contribution in [3.8, 4) is 0 Å². The number of guanidine groups is 1. The van der Waals surface area contributed by atoms with Gasteiger partial charge in [-0.25, -0.2) is 0 Å². The van der Waals surface area contributed by atoms with Crippen LogP contribution in [0.2, 0.25) is 5.02 Å². The Morgan fingerprint density at radius 2 is 1.92 bits per heavy atom. The first-order valence-corrected chi connectivity index (χ1v) is 7.54. The normalized spacial score (nSPS) is 10.7. The van der Waals surface area contributed by atoms with Crippen molar-refractivity contribution in [2.45, 2.75) is 13.1 Å². The molecule has 24 heavy (non-hydrogen) atoms. The summed E-state index contributed by atoms with van der Waals surface area (Å²) in [5.74, 6) is 1.08. The minimum absolute atomic E-state index is 0. The molecule has 0 spiro atoms. The second-order valence-corrected chi connectivity index (χ2v) is 5.13. The highest BCUT2D eigenvalue weighted by molar-refractivity contribution is 14.0. The molecule has 0 fully saturated rings. The van der Waals surface area contributed by atoms with Crippen molar-refractivity contribution >= 4 is 47.4 Å². The van der Waals surface area contributed by atoms with Crippen LogP contribution in [0.5, 0.6) is 0 Å². The fourth-order valence-corrected chi connectivity index (χ4v) is 2.07. The van der Waals surface area contributed by atoms with Crippen molar-refractivity contribution < 1.29 is 9.21 Å². The zero-order chi connectivity index (χ0) is 16.5. The van der Waals surface area contributed by atoms with Gasteiger partial charge in [-0.15, -0.1) is 24.0 Å². The number of carbonyl (C=O) groups is 1. The zero-order valence-electron chi connectivity index (χ0n) is 13.2. The van der Waals surface area contributed by atoms with E-state index in [2.05, 4.69) is 20.9 Å². The molecule has 0 unspecified atom stereocenters. The molecule has 2 rings (SSSR count). The van der Waals surface area contributed by atoms with Gasteiger partial charge in [0.15, 0.2) is 5.96 Å². The number of hydrogen-bond acceptors (Lipinski definition) is 3. The monoisotopic (exact) mass is 462 g/mol. The van der Waals surface area contributed by atoms with Gasteiger partial charge in [-0.2, -0.15) is 0 Å². The standard InChI is InChI=1S/C16H19ClN4O2.HI/c1-18-16(20-9-12-5-2-3-7-14(12)17)21-11-15(22)19-10-13-6-4-8-23-13;/h2-8H,9-11H2,1H3,(H,19,22)(H2,18,20,21);1H. The van der Waals surface area contributed by atoms with E-state index in [0.29, 0.717) is 29.8 Å². The molecule has 0 saturated carbocycles. The largest absolute Gasteiger partial charge is 0.467 e. The predicted molar refractivity (Wildman–Crippen MR) is 106 cm³/mol. The maximum Gasteiger partial charge on any atom is 0.239 e. The Bertz CT molecular complexity index is 662. The first-order chi connectivity index (χ1) is 11.2. The number of furan rings is 1. The number of halogens is 2. The molecule has 3 N–H and O–H groups in total. The Balaban J connectivity index is 0.00000288. The van der Waals surface area contributed by atoms with E-state index in [1.165, 1.54) is 0 Å². The molecule has 0 aliphatic carbocycles. The number of hydrogen-bond donors (Lipinski definition) is 3. The van der Waals surface area contributed by atoms with Crippen LogP contribution in [0.1, 0.15) is 11.3 Å². The first kappa shape index (κ1) is 20.3. The van der Waals surface area contributed by atoms with E-state index in [4.69, 9.17) is 16.0 Å². The van der Waals surface area contributed by atoms with Crippen molar-refractivity contribution in [3.63, 3.8) is 0 Å². The predicted octanol–water partition coefficient (Wildman–Crippen LogP) is 2.53. The van der Waals surface area contributed by atoms with Crippen molar-refractivity contribution in [1.82, 2.24) is 16.0 Å². The van der Waals surface area contributed by atoms with Crippen molar-refractivity contribution in [2.24, 2.45) is 4.99 Å². The van der Waals surface area contributed by atoms with Crippen LogP contribution >= 0.6 is 35.6 Å². The Kier molecular flexibility index (Phi) is 9.24. The smallest absolute Gasteiger partial charge is 0.239 e. The number of benzene rings is 1. The van der Waals surface area contributed by atoms with Gasteiger partial charge in [0.2, 0.25) is 5.91 Å². The molecule has 0 aliphatic rings. The molecule has 1 heterocycles. The molecule has 2 aromatic rings. The topological polar surface area (TPSA) is 78.7 Å². The second-order valence-electron chi connectivity index (χ2n) is 4.73. The van der Waals surface area contributed by atoms with Crippen LogP contribution in [0.25, 0.3) is 0 Å². The number of nitrogens with zero attached hydrogens (tertiary/aromatic N) is 1.